The van der Waals surface area contributed by atoms with Crippen LogP contribution < -0.4 is 10.6 Å². The van der Waals surface area contributed by atoms with Crippen LogP contribution in [-0.2, 0) is 0 Å². The molecule has 1 aromatic carbocycles. The monoisotopic (exact) mass is 228 g/mol. The minimum atomic E-state index is 0.651. The van der Waals surface area contributed by atoms with Crippen LogP contribution in [0.1, 0.15) is 6.92 Å². The lowest BCUT2D eigenvalue weighted by Crippen LogP contribution is -2.05. The molecule has 17 heavy (non-hydrogen) atoms. The van der Waals surface area contributed by atoms with Crippen molar-refractivity contribution in [3.05, 3.63) is 36.4 Å². The van der Waals surface area contributed by atoms with Crippen LogP contribution in [0.15, 0.2) is 36.4 Å². The average molecular weight is 228 g/mol. The van der Waals surface area contributed by atoms with E-state index in [9.17, 15) is 0 Å². The zero-order chi connectivity index (χ0) is 12.1. The van der Waals surface area contributed by atoms with Crippen molar-refractivity contribution in [2.24, 2.45) is 0 Å². The molecular weight excluding hydrogens is 212 g/mol. The molecule has 0 aliphatic heterocycles. The van der Waals surface area contributed by atoms with E-state index in [1.165, 1.54) is 0 Å². The van der Waals surface area contributed by atoms with Gasteiger partial charge in [0.2, 0.25) is 5.95 Å². The molecule has 2 aromatic rings. The highest BCUT2D eigenvalue weighted by molar-refractivity contribution is 5.64. The number of aromatic nitrogens is 2. The average Bonchev–Trinajstić information content (AvgIpc) is 2.40. The quantitative estimate of drug-likeness (QED) is 0.844. The molecule has 1 heterocycles. The summed E-state index contributed by atoms with van der Waals surface area (Å²) in [6, 6.07) is 12.0. The van der Waals surface area contributed by atoms with Crippen LogP contribution in [0, 0.1) is 0 Å². The van der Waals surface area contributed by atoms with Crippen LogP contribution in [-0.4, -0.2) is 23.6 Å². The standard InChI is InChI=1S/C13H16N4/c1-3-15-13-16-11(9-12(14-2)17-13)10-7-5-4-6-8-10/h4-9H,3H2,1-2H3,(H2,14,15,16,17). The van der Waals surface area contributed by atoms with Gasteiger partial charge in [-0.05, 0) is 6.92 Å². The highest BCUT2D eigenvalue weighted by Crippen LogP contribution is 2.20. The molecule has 0 atom stereocenters. The zero-order valence-electron chi connectivity index (χ0n) is 10.1. The summed E-state index contributed by atoms with van der Waals surface area (Å²) in [5.74, 6) is 1.47. The van der Waals surface area contributed by atoms with Gasteiger partial charge in [-0.1, -0.05) is 30.3 Å². The number of rotatable bonds is 4. The first-order chi connectivity index (χ1) is 8.33. The minimum absolute atomic E-state index is 0.651. The maximum absolute atomic E-state index is 4.48. The summed E-state index contributed by atoms with van der Waals surface area (Å²) in [4.78, 5) is 8.81. The van der Waals surface area contributed by atoms with Crippen molar-refractivity contribution in [2.45, 2.75) is 6.92 Å². The van der Waals surface area contributed by atoms with Crippen LogP contribution in [0.25, 0.3) is 11.3 Å². The summed E-state index contributed by atoms with van der Waals surface area (Å²) in [6.07, 6.45) is 0. The number of hydrogen-bond donors (Lipinski definition) is 2. The van der Waals surface area contributed by atoms with E-state index in [4.69, 9.17) is 0 Å². The molecule has 0 saturated carbocycles. The molecule has 2 N–H and O–H groups in total. The second kappa shape index (κ2) is 5.30. The van der Waals surface area contributed by atoms with E-state index >= 15 is 0 Å². The van der Waals surface area contributed by atoms with Crippen molar-refractivity contribution >= 4 is 11.8 Å². The van der Waals surface area contributed by atoms with E-state index in [0.717, 1.165) is 23.6 Å². The summed E-state index contributed by atoms with van der Waals surface area (Å²) in [6.45, 7) is 2.83. The minimum Gasteiger partial charge on any atom is -0.373 e. The van der Waals surface area contributed by atoms with Crippen LogP contribution in [0.5, 0.6) is 0 Å². The van der Waals surface area contributed by atoms with Crippen molar-refractivity contribution in [1.29, 1.82) is 0 Å². The molecule has 0 bridgehead atoms. The van der Waals surface area contributed by atoms with Gasteiger partial charge in [0, 0.05) is 25.2 Å². The van der Waals surface area contributed by atoms with E-state index in [2.05, 4.69) is 20.6 Å². The summed E-state index contributed by atoms with van der Waals surface area (Å²) in [5, 5.41) is 6.17. The van der Waals surface area contributed by atoms with Gasteiger partial charge >= 0.3 is 0 Å². The van der Waals surface area contributed by atoms with Crippen LogP contribution >= 0.6 is 0 Å². The Kier molecular flexibility index (Phi) is 3.55. The Hall–Kier alpha value is -2.10. The lowest BCUT2D eigenvalue weighted by Gasteiger charge is -2.08. The lowest BCUT2D eigenvalue weighted by molar-refractivity contribution is 1.09. The van der Waals surface area contributed by atoms with Gasteiger partial charge in [0.15, 0.2) is 0 Å². The SMILES string of the molecule is CCNc1nc(NC)cc(-c2ccccc2)n1. The van der Waals surface area contributed by atoms with E-state index in [1.54, 1.807) is 0 Å². The highest BCUT2D eigenvalue weighted by atomic mass is 15.1. The summed E-state index contributed by atoms with van der Waals surface area (Å²) in [5.41, 5.74) is 2.01. The molecule has 4 heteroatoms. The van der Waals surface area contributed by atoms with Gasteiger partial charge in [-0.3, -0.25) is 0 Å². The fraction of sp³-hybridized carbons (Fsp3) is 0.231. The Bertz CT molecular complexity index is 482. The van der Waals surface area contributed by atoms with Gasteiger partial charge in [0.1, 0.15) is 5.82 Å². The molecule has 4 nitrogen and oxygen atoms in total. The van der Waals surface area contributed by atoms with Gasteiger partial charge in [-0.25, -0.2) is 4.98 Å². The topological polar surface area (TPSA) is 49.8 Å². The fourth-order valence-electron chi connectivity index (χ4n) is 1.57. The number of hydrogen-bond acceptors (Lipinski definition) is 4. The molecule has 0 saturated heterocycles. The highest BCUT2D eigenvalue weighted by Gasteiger charge is 2.04. The molecule has 88 valence electrons. The molecule has 0 spiro atoms. The summed E-state index contributed by atoms with van der Waals surface area (Å²) < 4.78 is 0. The third kappa shape index (κ3) is 2.72. The van der Waals surface area contributed by atoms with Gasteiger partial charge < -0.3 is 10.6 Å². The Morgan fingerprint density at radius 2 is 1.88 bits per heavy atom. The summed E-state index contributed by atoms with van der Waals surface area (Å²) >= 11 is 0. The van der Waals surface area contributed by atoms with Crippen LogP contribution in [0.4, 0.5) is 11.8 Å². The molecule has 0 aliphatic rings. The third-order valence-electron chi connectivity index (χ3n) is 2.39. The predicted molar refractivity (Wildman–Crippen MR) is 71.2 cm³/mol. The van der Waals surface area contributed by atoms with Crippen molar-refractivity contribution in [1.82, 2.24) is 9.97 Å². The largest absolute Gasteiger partial charge is 0.373 e. The Balaban J connectivity index is 2.43. The van der Waals surface area contributed by atoms with Crippen LogP contribution in [0.3, 0.4) is 0 Å². The van der Waals surface area contributed by atoms with Gasteiger partial charge in [-0.15, -0.1) is 0 Å². The Labute approximate surface area is 101 Å². The second-order valence-corrected chi connectivity index (χ2v) is 3.61. The van der Waals surface area contributed by atoms with Crippen molar-refractivity contribution in [3.63, 3.8) is 0 Å². The van der Waals surface area contributed by atoms with Crippen LogP contribution in [0.2, 0.25) is 0 Å². The van der Waals surface area contributed by atoms with Gasteiger partial charge in [0.25, 0.3) is 0 Å². The first-order valence-corrected chi connectivity index (χ1v) is 5.69. The smallest absolute Gasteiger partial charge is 0.225 e. The van der Waals surface area contributed by atoms with E-state index < -0.39 is 0 Å². The molecule has 0 aliphatic carbocycles. The molecule has 0 radical (unpaired) electrons. The predicted octanol–water partition coefficient (Wildman–Crippen LogP) is 2.62. The molecule has 0 unspecified atom stereocenters. The Morgan fingerprint density at radius 3 is 2.53 bits per heavy atom. The third-order valence-corrected chi connectivity index (χ3v) is 2.39. The lowest BCUT2D eigenvalue weighted by atomic mass is 10.1. The Morgan fingerprint density at radius 1 is 1.12 bits per heavy atom. The maximum Gasteiger partial charge on any atom is 0.225 e. The molecule has 0 amide bonds. The normalized spacial score (nSPS) is 10.0. The zero-order valence-corrected chi connectivity index (χ0v) is 10.1. The molecule has 0 fully saturated rings. The number of benzene rings is 1. The fourth-order valence-corrected chi connectivity index (χ4v) is 1.57. The number of nitrogens with one attached hydrogen (secondary N) is 2. The summed E-state index contributed by atoms with van der Waals surface area (Å²) in [7, 11) is 1.85. The maximum atomic E-state index is 4.48. The first-order valence-electron chi connectivity index (χ1n) is 5.69. The molecule has 2 rings (SSSR count). The van der Waals surface area contributed by atoms with E-state index in [0.29, 0.717) is 5.95 Å². The van der Waals surface area contributed by atoms with Gasteiger partial charge in [0.05, 0.1) is 5.69 Å². The number of nitrogens with zero attached hydrogens (tertiary/aromatic N) is 2. The van der Waals surface area contributed by atoms with Crippen molar-refractivity contribution in [3.8, 4) is 11.3 Å². The van der Waals surface area contributed by atoms with Gasteiger partial charge in [-0.2, -0.15) is 4.98 Å². The van der Waals surface area contributed by atoms with Crippen molar-refractivity contribution < 1.29 is 0 Å². The molecule has 1 aromatic heterocycles. The van der Waals surface area contributed by atoms with E-state index in [1.807, 2.05) is 50.4 Å². The van der Waals surface area contributed by atoms with Crippen molar-refractivity contribution in [2.75, 3.05) is 24.2 Å². The number of anilines is 2. The van der Waals surface area contributed by atoms with E-state index in [-0.39, 0.29) is 0 Å². The second-order valence-electron chi connectivity index (χ2n) is 3.61. The molecular formula is C13H16N4. The first kappa shape index (κ1) is 11.4.